The number of piperidine rings is 1. The highest BCUT2D eigenvalue weighted by atomic mass is 35.5. The normalized spacial score (nSPS) is 27.2. The van der Waals surface area contributed by atoms with Gasteiger partial charge in [0.05, 0.1) is 12.0 Å². The number of amides is 1. The molecule has 0 aromatic carbocycles. The Bertz CT molecular complexity index is 826. The Hall–Kier alpha value is -1.96. The predicted molar refractivity (Wildman–Crippen MR) is 108 cm³/mol. The maximum absolute atomic E-state index is 11.6. The second kappa shape index (κ2) is 8.19. The van der Waals surface area contributed by atoms with Gasteiger partial charge < -0.3 is 15.0 Å². The number of carbonyl (C=O) groups excluding carboxylic acids is 1. The van der Waals surface area contributed by atoms with Gasteiger partial charge in [0.15, 0.2) is 0 Å². The van der Waals surface area contributed by atoms with Gasteiger partial charge in [0.1, 0.15) is 11.3 Å². The number of aromatic nitrogens is 3. The third-order valence-electron chi connectivity index (χ3n) is 6.38. The summed E-state index contributed by atoms with van der Waals surface area (Å²) >= 11 is 0. The lowest BCUT2D eigenvalue weighted by Crippen LogP contribution is -2.58. The van der Waals surface area contributed by atoms with E-state index in [1.165, 1.54) is 12.1 Å². The summed E-state index contributed by atoms with van der Waals surface area (Å²) in [7, 11) is 3.83. The number of methoxy groups -OCH3 is 1. The van der Waals surface area contributed by atoms with Crippen LogP contribution in [-0.2, 0) is 23.9 Å². The first-order valence-electron chi connectivity index (χ1n) is 9.53. The molecule has 1 saturated heterocycles. The molecule has 2 aromatic heterocycles. The molecular formula is C20H28ClN5O2. The maximum atomic E-state index is 11.6. The molecule has 2 aromatic rings. The number of imidazole rings is 1. The van der Waals surface area contributed by atoms with E-state index in [-0.39, 0.29) is 18.0 Å². The van der Waals surface area contributed by atoms with Crippen LogP contribution in [0.1, 0.15) is 41.0 Å². The van der Waals surface area contributed by atoms with E-state index in [9.17, 15) is 4.79 Å². The number of pyridine rings is 1. The Kier molecular flexibility index (Phi) is 6.07. The fourth-order valence-electron chi connectivity index (χ4n) is 5.15. The molecular weight excluding hydrogens is 378 g/mol. The Balaban J connectivity index is 0.00000225. The SMILES string of the molecule is CO[C@@]1(c2ccnc(C(N)=O)c2)[C@@H]2CCC[C@H]1CN(Cc1cncn1C)C2.Cl. The zero-order valence-electron chi connectivity index (χ0n) is 16.4. The van der Waals surface area contributed by atoms with Crippen molar-refractivity contribution in [1.29, 1.82) is 0 Å². The number of hydrogen-bond acceptors (Lipinski definition) is 5. The van der Waals surface area contributed by atoms with Gasteiger partial charge in [-0.15, -0.1) is 12.4 Å². The zero-order valence-corrected chi connectivity index (χ0v) is 17.2. The number of likely N-dealkylation sites (tertiary alicyclic amines) is 1. The number of fused-ring (bicyclic) bond motifs is 2. The molecule has 2 N–H and O–H groups in total. The van der Waals surface area contributed by atoms with Gasteiger partial charge in [-0.2, -0.15) is 0 Å². The van der Waals surface area contributed by atoms with Crippen molar-refractivity contribution in [2.24, 2.45) is 24.6 Å². The minimum Gasteiger partial charge on any atom is -0.373 e. The summed E-state index contributed by atoms with van der Waals surface area (Å²) < 4.78 is 8.33. The molecule has 0 spiro atoms. The van der Waals surface area contributed by atoms with Crippen molar-refractivity contribution in [2.45, 2.75) is 31.4 Å². The van der Waals surface area contributed by atoms with Crippen molar-refractivity contribution in [3.63, 3.8) is 0 Å². The second-order valence-electron chi connectivity index (χ2n) is 7.81. The van der Waals surface area contributed by atoms with Crippen molar-refractivity contribution >= 4 is 18.3 Å². The van der Waals surface area contributed by atoms with Crippen LogP contribution in [0.15, 0.2) is 30.9 Å². The summed E-state index contributed by atoms with van der Waals surface area (Å²) in [5, 5.41) is 0. The predicted octanol–water partition coefficient (Wildman–Crippen LogP) is 2.11. The summed E-state index contributed by atoms with van der Waals surface area (Å²) in [6, 6.07) is 3.81. The summed E-state index contributed by atoms with van der Waals surface area (Å²) in [6.45, 7) is 2.82. The average molecular weight is 406 g/mol. The average Bonchev–Trinajstić information content (AvgIpc) is 3.05. The molecule has 2 bridgehead atoms. The number of ether oxygens (including phenoxy) is 1. The fourth-order valence-corrected chi connectivity index (χ4v) is 5.15. The van der Waals surface area contributed by atoms with Crippen LogP contribution < -0.4 is 5.73 Å². The van der Waals surface area contributed by atoms with Crippen molar-refractivity contribution in [3.8, 4) is 0 Å². The Labute approximate surface area is 171 Å². The van der Waals surface area contributed by atoms with E-state index in [1.807, 2.05) is 31.7 Å². The minimum absolute atomic E-state index is 0. The minimum atomic E-state index is -0.498. The first-order valence-corrected chi connectivity index (χ1v) is 9.53. The van der Waals surface area contributed by atoms with Gasteiger partial charge in [-0.1, -0.05) is 6.42 Å². The van der Waals surface area contributed by atoms with Crippen LogP contribution in [0.2, 0.25) is 0 Å². The van der Waals surface area contributed by atoms with Gasteiger partial charge >= 0.3 is 0 Å². The Morgan fingerprint density at radius 1 is 1.36 bits per heavy atom. The third kappa shape index (κ3) is 3.43. The zero-order chi connectivity index (χ0) is 19.0. The van der Waals surface area contributed by atoms with Crippen molar-refractivity contribution in [3.05, 3.63) is 47.8 Å². The number of nitrogens with two attached hydrogens (primary N) is 1. The number of halogens is 1. The van der Waals surface area contributed by atoms with Gasteiger partial charge in [0, 0.05) is 58.0 Å². The summed E-state index contributed by atoms with van der Waals surface area (Å²) in [6.07, 6.45) is 8.90. The van der Waals surface area contributed by atoms with Gasteiger partial charge in [0.25, 0.3) is 5.91 Å². The summed E-state index contributed by atoms with van der Waals surface area (Å²) in [5.41, 5.74) is 7.64. The van der Waals surface area contributed by atoms with E-state index in [0.29, 0.717) is 17.5 Å². The van der Waals surface area contributed by atoms with E-state index in [4.69, 9.17) is 10.5 Å². The van der Waals surface area contributed by atoms with E-state index in [1.54, 1.807) is 13.3 Å². The molecule has 0 radical (unpaired) electrons. The lowest BCUT2D eigenvalue weighted by Gasteiger charge is -2.55. The molecule has 1 amide bonds. The first-order chi connectivity index (χ1) is 13.0. The molecule has 2 fully saturated rings. The number of aryl methyl sites for hydroxylation is 1. The van der Waals surface area contributed by atoms with Crippen LogP contribution in [0, 0.1) is 11.8 Å². The molecule has 1 aliphatic carbocycles. The van der Waals surface area contributed by atoms with E-state index in [0.717, 1.165) is 38.0 Å². The highest BCUT2D eigenvalue weighted by Gasteiger charge is 2.53. The van der Waals surface area contributed by atoms with Gasteiger partial charge in [-0.05, 0) is 30.5 Å². The number of nitrogens with zero attached hydrogens (tertiary/aromatic N) is 4. The highest BCUT2D eigenvalue weighted by Crippen LogP contribution is 2.51. The molecule has 1 aliphatic heterocycles. The number of rotatable bonds is 5. The lowest BCUT2D eigenvalue weighted by molar-refractivity contribution is -0.170. The smallest absolute Gasteiger partial charge is 0.267 e. The van der Waals surface area contributed by atoms with Crippen molar-refractivity contribution < 1.29 is 9.53 Å². The largest absolute Gasteiger partial charge is 0.373 e. The quantitative estimate of drug-likeness (QED) is 0.823. The van der Waals surface area contributed by atoms with E-state index < -0.39 is 5.91 Å². The molecule has 7 nitrogen and oxygen atoms in total. The molecule has 4 rings (SSSR count). The van der Waals surface area contributed by atoms with Crippen molar-refractivity contribution in [1.82, 2.24) is 19.4 Å². The molecule has 8 heteroatoms. The van der Waals surface area contributed by atoms with E-state index in [2.05, 4.69) is 19.4 Å². The van der Waals surface area contributed by atoms with Crippen LogP contribution in [0.3, 0.4) is 0 Å². The topological polar surface area (TPSA) is 86.3 Å². The third-order valence-corrected chi connectivity index (χ3v) is 6.38. The van der Waals surface area contributed by atoms with Crippen molar-refractivity contribution in [2.75, 3.05) is 20.2 Å². The summed E-state index contributed by atoms with van der Waals surface area (Å²) in [5.74, 6) is 0.236. The monoisotopic (exact) mass is 405 g/mol. The lowest BCUT2D eigenvalue weighted by atomic mass is 9.62. The van der Waals surface area contributed by atoms with E-state index >= 15 is 0 Å². The molecule has 28 heavy (non-hydrogen) atoms. The molecule has 2 aliphatic rings. The second-order valence-corrected chi connectivity index (χ2v) is 7.81. The molecule has 1 saturated carbocycles. The Morgan fingerprint density at radius 3 is 2.64 bits per heavy atom. The van der Waals surface area contributed by atoms with Crippen LogP contribution in [0.4, 0.5) is 0 Å². The molecule has 0 unspecified atom stereocenters. The summed E-state index contributed by atoms with van der Waals surface area (Å²) in [4.78, 5) is 22.5. The van der Waals surface area contributed by atoms with Gasteiger partial charge in [0.2, 0.25) is 0 Å². The van der Waals surface area contributed by atoms with Crippen LogP contribution in [0.25, 0.3) is 0 Å². The Morgan fingerprint density at radius 2 is 2.07 bits per heavy atom. The number of primary amides is 1. The maximum Gasteiger partial charge on any atom is 0.267 e. The molecule has 3 heterocycles. The fraction of sp³-hybridized carbons (Fsp3) is 0.550. The van der Waals surface area contributed by atoms with Crippen LogP contribution >= 0.6 is 12.4 Å². The first kappa shape index (κ1) is 20.8. The number of hydrogen-bond donors (Lipinski definition) is 1. The molecule has 152 valence electrons. The number of carbonyl (C=O) groups is 1. The van der Waals surface area contributed by atoms with Gasteiger partial charge in [-0.25, -0.2) is 4.98 Å². The van der Waals surface area contributed by atoms with Gasteiger partial charge in [-0.3, -0.25) is 14.7 Å². The molecule has 3 atom stereocenters. The highest BCUT2D eigenvalue weighted by molar-refractivity contribution is 5.90. The standard InChI is InChI=1S/C20H27N5O2.ClH/c1-24-13-22-9-17(24)12-25-10-15-4-3-5-16(11-25)20(15,27-2)14-6-7-23-18(8-14)19(21)26;/h6-9,13,15-16H,3-5,10-12H2,1-2H3,(H2,21,26);1H/t15-,16+,20+;. The van der Waals surface area contributed by atoms with Crippen LogP contribution in [0.5, 0.6) is 0 Å². The van der Waals surface area contributed by atoms with Crippen LogP contribution in [-0.4, -0.2) is 45.5 Å².